The van der Waals surface area contributed by atoms with Crippen LogP contribution >= 0.6 is 45.1 Å². The van der Waals surface area contributed by atoms with Crippen LogP contribution in [0.5, 0.6) is 0 Å². The second kappa shape index (κ2) is 28.6. The number of Topliss-reactive ketones (excluding diaryl/α,β-unsaturated/α-hetero) is 1. The minimum absolute atomic E-state index is 0.0537. The van der Waals surface area contributed by atoms with Crippen LogP contribution in [0.25, 0.3) is 11.0 Å². The largest absolute Gasteiger partial charge is 0.490 e. The van der Waals surface area contributed by atoms with E-state index in [0.29, 0.717) is 41.7 Å². The van der Waals surface area contributed by atoms with Crippen LogP contribution in [0.15, 0.2) is 12.5 Å². The summed E-state index contributed by atoms with van der Waals surface area (Å²) in [4.78, 5) is 128. The standard InChI is InChI=1S/C36H53N8O22P3S2/c1-38-24(34(52)39-11-6-2-3-9-27(47)42-22(13-29(48)49)35(53)43-23(36(54)55)14-30(50)51)18-71-70-12-10-21(45)8-5-4-7-20-16-44(33-31(20)32(37)40-19-41-33)28-15-25(46)26(64-28)17-63-68(59,60)66-69(61,62)65-67(56,57)58/h16,19,22-26,28,38,46H,2-3,5-6,8-15,17-18H2,1H3,(H,39,52)(H,42,47)(H,43,53)(H,48,49)(H,50,51)(H,54,55)(H,59,60)(H,61,62)(H2,37,40,41)(H2,56,57,58)/t22?,23?,24?,25?,26-,28-/m1/s1. The topological polar surface area (TPSA) is 474 Å². The molecule has 1 fully saturated rings. The molecule has 14 N–H and O–H groups in total. The summed E-state index contributed by atoms with van der Waals surface area (Å²) in [6, 6.07) is -4.04. The number of aromatic nitrogens is 3. The van der Waals surface area contributed by atoms with Crippen LogP contribution in [0.2, 0.25) is 0 Å². The zero-order valence-electron chi connectivity index (χ0n) is 37.4. The van der Waals surface area contributed by atoms with Crippen LogP contribution in [0.3, 0.4) is 0 Å². The van der Waals surface area contributed by atoms with Crippen LogP contribution in [-0.2, 0) is 65.1 Å². The molecular weight excluding hydrogens is 1050 g/mol. The number of phosphoric acid groups is 3. The number of carbonyl (C=O) groups excluding carboxylic acids is 4. The number of aliphatic carboxylic acids is 3. The first-order chi connectivity index (χ1) is 33.2. The maximum atomic E-state index is 12.7. The highest BCUT2D eigenvalue weighted by atomic mass is 33.1. The van der Waals surface area contributed by atoms with Crippen LogP contribution < -0.4 is 27.0 Å². The van der Waals surface area contributed by atoms with Gasteiger partial charge in [0.2, 0.25) is 17.7 Å². The van der Waals surface area contributed by atoms with Crippen molar-refractivity contribution < 1.29 is 105 Å². The Hall–Kier alpha value is -4.54. The summed E-state index contributed by atoms with van der Waals surface area (Å²) in [5, 5.41) is 47.9. The summed E-state index contributed by atoms with van der Waals surface area (Å²) in [5.74, 6) is -0.104. The molecule has 2 aromatic heterocycles. The lowest BCUT2D eigenvalue weighted by Gasteiger charge is -2.19. The van der Waals surface area contributed by atoms with E-state index in [2.05, 4.69) is 50.9 Å². The van der Waals surface area contributed by atoms with Crippen LogP contribution in [0.1, 0.15) is 76.0 Å². The molecule has 3 rings (SSSR count). The zero-order chi connectivity index (χ0) is 53.1. The molecule has 71 heavy (non-hydrogen) atoms. The molecule has 30 nitrogen and oxygen atoms in total. The number of likely N-dealkylation sites (N-methyl/N-ethyl adjacent to an activating group) is 1. The fourth-order valence-corrected chi connectivity index (χ4v) is 11.6. The van der Waals surface area contributed by atoms with Crippen LogP contribution in [0, 0.1) is 11.8 Å². The zero-order valence-corrected chi connectivity index (χ0v) is 41.7. The highest BCUT2D eigenvalue weighted by Crippen LogP contribution is 2.66. The third-order valence-electron chi connectivity index (χ3n) is 9.57. The van der Waals surface area contributed by atoms with Crippen molar-refractivity contribution in [1.82, 2.24) is 35.8 Å². The van der Waals surface area contributed by atoms with Gasteiger partial charge in [-0.15, -0.1) is 0 Å². The molecule has 8 atom stereocenters. The van der Waals surface area contributed by atoms with Gasteiger partial charge in [-0.3, -0.25) is 33.3 Å². The normalized spacial score (nSPS) is 18.7. The van der Waals surface area contributed by atoms with Gasteiger partial charge in [0.15, 0.2) is 0 Å². The first-order valence-electron chi connectivity index (χ1n) is 20.9. The molecule has 35 heteroatoms. The molecule has 0 saturated carbocycles. The van der Waals surface area contributed by atoms with E-state index in [9.17, 15) is 62.2 Å². The Morgan fingerprint density at radius 1 is 0.887 bits per heavy atom. The number of hydrogen-bond acceptors (Lipinski definition) is 21. The number of nitrogen functional groups attached to an aromatic ring is 1. The number of carboxylic acid groups (broad SMARTS) is 3. The predicted molar refractivity (Wildman–Crippen MR) is 247 cm³/mol. The van der Waals surface area contributed by atoms with Gasteiger partial charge in [-0.1, -0.05) is 39.8 Å². The van der Waals surface area contributed by atoms with Crippen molar-refractivity contribution in [2.45, 2.75) is 101 Å². The minimum atomic E-state index is -5.77. The average Bonchev–Trinajstić information content (AvgIpc) is 3.82. The number of fused-ring (bicyclic) bond motifs is 1. The molecule has 3 amide bonds. The number of aliphatic hydroxyl groups excluding tert-OH is 1. The molecule has 0 radical (unpaired) electrons. The Morgan fingerprint density at radius 2 is 1.58 bits per heavy atom. The van der Waals surface area contributed by atoms with Gasteiger partial charge in [-0.2, -0.15) is 8.62 Å². The highest BCUT2D eigenvalue weighted by Gasteiger charge is 2.43. The Labute approximate surface area is 411 Å². The van der Waals surface area contributed by atoms with Crippen molar-refractivity contribution in [3.63, 3.8) is 0 Å². The lowest BCUT2D eigenvalue weighted by Crippen LogP contribution is -2.52. The number of rotatable bonds is 32. The number of unbranched alkanes of at least 4 members (excludes halogenated alkanes) is 2. The Balaban J connectivity index is 1.38. The predicted octanol–water partition coefficient (Wildman–Crippen LogP) is -0.254. The van der Waals surface area contributed by atoms with Crippen molar-refractivity contribution in [3.8, 4) is 11.8 Å². The smallest absolute Gasteiger partial charge is 0.481 e. The van der Waals surface area contributed by atoms with E-state index in [-0.39, 0.29) is 61.8 Å². The highest BCUT2D eigenvalue weighted by molar-refractivity contribution is 8.76. The summed E-state index contributed by atoms with van der Waals surface area (Å²) >= 11 is 0. The van der Waals surface area contributed by atoms with Crippen molar-refractivity contribution in [3.05, 3.63) is 18.1 Å². The molecule has 1 saturated heterocycles. The molecule has 6 unspecified atom stereocenters. The minimum Gasteiger partial charge on any atom is -0.481 e. The van der Waals surface area contributed by atoms with E-state index in [1.807, 2.05) is 5.32 Å². The van der Waals surface area contributed by atoms with Crippen molar-refractivity contribution in [1.29, 1.82) is 0 Å². The maximum Gasteiger partial charge on any atom is 0.490 e. The van der Waals surface area contributed by atoms with Gasteiger partial charge in [0.25, 0.3) is 0 Å². The summed E-state index contributed by atoms with van der Waals surface area (Å²) in [7, 11) is -12.5. The molecule has 0 bridgehead atoms. The van der Waals surface area contributed by atoms with E-state index in [1.165, 1.54) is 38.7 Å². The molecule has 0 spiro atoms. The number of amides is 3. The van der Waals surface area contributed by atoms with Crippen LogP contribution in [-0.4, -0.2) is 158 Å². The van der Waals surface area contributed by atoms with Gasteiger partial charge in [-0.25, -0.2) is 28.5 Å². The van der Waals surface area contributed by atoms with Crippen molar-refractivity contribution >= 4 is 103 Å². The first kappa shape index (κ1) is 60.8. The van der Waals surface area contributed by atoms with Gasteiger partial charge in [0.05, 0.1) is 42.5 Å². The summed E-state index contributed by atoms with van der Waals surface area (Å²) in [6.45, 7) is -0.613. The fraction of sp³-hybridized carbons (Fsp3) is 0.583. The second-order valence-corrected chi connectivity index (χ2v) is 22.1. The number of nitrogens with one attached hydrogen (secondary N) is 4. The maximum absolute atomic E-state index is 12.7. The van der Waals surface area contributed by atoms with Crippen molar-refractivity contribution in [2.24, 2.45) is 0 Å². The van der Waals surface area contributed by atoms with E-state index >= 15 is 0 Å². The lowest BCUT2D eigenvalue weighted by molar-refractivity contribution is -0.148. The van der Waals surface area contributed by atoms with Gasteiger partial charge >= 0.3 is 41.4 Å². The monoisotopic (exact) mass is 1110 g/mol. The number of nitrogens with two attached hydrogens (primary N) is 1. The molecule has 396 valence electrons. The number of carboxylic acids is 3. The fourth-order valence-electron chi connectivity index (χ4n) is 6.25. The molecule has 1 aliphatic heterocycles. The molecule has 3 heterocycles. The first-order valence-corrected chi connectivity index (χ1v) is 27.9. The number of anilines is 1. The van der Waals surface area contributed by atoms with Crippen LogP contribution in [0.4, 0.5) is 5.82 Å². The number of phosphoric ester groups is 1. The summed E-state index contributed by atoms with van der Waals surface area (Å²) in [5.41, 5.74) is 6.71. The number of nitrogens with zero attached hydrogens (tertiary/aromatic N) is 3. The Morgan fingerprint density at radius 3 is 2.23 bits per heavy atom. The molecular formula is C36H53N8O22P3S2. The van der Waals surface area contributed by atoms with E-state index in [0.717, 1.165) is 0 Å². The molecule has 0 aromatic carbocycles. The van der Waals surface area contributed by atoms with E-state index in [4.69, 9.17) is 35.6 Å². The quantitative estimate of drug-likeness (QED) is 0.0194. The molecule has 1 aliphatic rings. The Bertz CT molecular complexity index is 2450. The number of carbonyl (C=O) groups is 7. The Kier molecular flexibility index (Phi) is 24.5. The van der Waals surface area contributed by atoms with Gasteiger partial charge in [-0.05, 0) is 19.9 Å². The van der Waals surface area contributed by atoms with Gasteiger partial charge < -0.3 is 76.3 Å². The summed E-state index contributed by atoms with van der Waals surface area (Å²) in [6.07, 6.45) is -1.24. The van der Waals surface area contributed by atoms with Gasteiger partial charge in [0, 0.05) is 56.4 Å². The third-order valence-corrected chi connectivity index (χ3v) is 15.8. The molecule has 2 aromatic rings. The number of ketones is 1. The van der Waals surface area contributed by atoms with Gasteiger partial charge in [0.1, 0.15) is 48.0 Å². The van der Waals surface area contributed by atoms with E-state index < -0.39 is 109 Å². The molecule has 0 aliphatic carbocycles. The number of hydrogen-bond donors (Lipinski definition) is 13. The third kappa shape index (κ3) is 22.0. The number of ether oxygens (including phenoxy) is 1. The lowest BCUT2D eigenvalue weighted by atomic mass is 10.1. The average molecular weight is 1110 g/mol. The SMILES string of the molecule is CNC(CSSCCC(=O)CCC#Cc1cn([C@H]2CC(O)[C@@H](COP(=O)(O)OP(=O)(O)OP(=O)(O)O)O2)c2ncnc(N)c12)C(=O)NCCCCCC(=O)NC(CC(=O)O)C(=O)NC(CC(=O)O)C(=O)O. The second-order valence-electron chi connectivity index (χ2n) is 15.1. The number of aliphatic hydroxyl groups is 1. The summed E-state index contributed by atoms with van der Waals surface area (Å²) < 4.78 is 53.9. The van der Waals surface area contributed by atoms with E-state index in [1.54, 1.807) is 7.05 Å². The van der Waals surface area contributed by atoms with Crippen molar-refractivity contribution in [2.75, 3.05) is 37.4 Å².